The second kappa shape index (κ2) is 6.60. The summed E-state index contributed by atoms with van der Waals surface area (Å²) in [6, 6.07) is 2.29. The predicted octanol–water partition coefficient (Wildman–Crippen LogP) is 0.773. The maximum Gasteiger partial charge on any atom is 0.255 e. The molecule has 3 heterocycles. The summed E-state index contributed by atoms with van der Waals surface area (Å²) >= 11 is 0. The molecule has 0 spiro atoms. The summed E-state index contributed by atoms with van der Waals surface area (Å²) in [6.45, 7) is 5.69. The average Bonchev–Trinajstić information content (AvgIpc) is 2.93. The van der Waals surface area contributed by atoms with Crippen molar-refractivity contribution in [2.45, 2.75) is 51.4 Å². The number of rotatable bonds is 2. The van der Waals surface area contributed by atoms with Crippen molar-refractivity contribution in [3.05, 3.63) is 29.1 Å². The molecule has 2 fully saturated rings. The van der Waals surface area contributed by atoms with Gasteiger partial charge in [-0.1, -0.05) is 0 Å². The molecule has 3 aliphatic rings. The zero-order valence-electron chi connectivity index (χ0n) is 15.4. The van der Waals surface area contributed by atoms with Crippen LogP contribution in [-0.2, 0) is 16.1 Å². The lowest BCUT2D eigenvalue weighted by molar-refractivity contribution is -0.136. The van der Waals surface area contributed by atoms with Gasteiger partial charge in [-0.15, -0.1) is 0 Å². The maximum absolute atomic E-state index is 14.9. The summed E-state index contributed by atoms with van der Waals surface area (Å²) in [5.41, 5.74) is 1.52. The Kier molecular flexibility index (Phi) is 4.38. The number of imide groups is 1. The molecule has 0 aromatic heterocycles. The molecule has 3 amide bonds. The molecule has 8 heteroatoms. The van der Waals surface area contributed by atoms with Gasteiger partial charge in [0.25, 0.3) is 5.91 Å². The number of fused-ring (bicyclic) bond motifs is 1. The molecule has 0 aliphatic carbocycles. The Morgan fingerprint density at radius 2 is 1.81 bits per heavy atom. The molecule has 4 rings (SSSR count). The molecule has 3 aliphatic heterocycles. The van der Waals surface area contributed by atoms with Crippen LogP contribution in [0.5, 0.6) is 0 Å². The highest BCUT2D eigenvalue weighted by molar-refractivity contribution is 6.06. The van der Waals surface area contributed by atoms with E-state index in [4.69, 9.17) is 0 Å². The van der Waals surface area contributed by atoms with Gasteiger partial charge in [0, 0.05) is 49.3 Å². The summed E-state index contributed by atoms with van der Waals surface area (Å²) in [5.74, 6) is -1.42. The Hall–Kier alpha value is -2.48. The standard InChI is InChI=1S/C19H23FN4O3/c1-10-7-21-8-11(2)24(10)17-13-9-23(15-5-6-16(25)22-18(15)26)19(27)12(13)3-4-14(17)20/h3-4,10-11,15,21H,5-9H2,1-2H3,(H,22,25,26). The van der Waals surface area contributed by atoms with Crippen LogP contribution < -0.4 is 15.5 Å². The van der Waals surface area contributed by atoms with Gasteiger partial charge in [-0.3, -0.25) is 19.7 Å². The van der Waals surface area contributed by atoms with E-state index in [1.807, 2.05) is 18.7 Å². The number of nitrogens with zero attached hydrogens (tertiary/aromatic N) is 2. The lowest BCUT2D eigenvalue weighted by atomic mass is 10.0. The highest BCUT2D eigenvalue weighted by Gasteiger charge is 2.42. The SMILES string of the molecule is CC1CNCC(C)N1c1c(F)ccc2c1CN(C1CCC(=O)NC1=O)C2=O. The molecule has 1 aromatic rings. The third-order valence-corrected chi connectivity index (χ3v) is 5.73. The van der Waals surface area contributed by atoms with Crippen LogP contribution in [-0.4, -0.2) is 53.8 Å². The summed E-state index contributed by atoms with van der Waals surface area (Å²) in [5, 5.41) is 5.62. The number of carbonyl (C=O) groups excluding carboxylic acids is 3. The summed E-state index contributed by atoms with van der Waals surface area (Å²) in [7, 11) is 0. The van der Waals surface area contributed by atoms with Gasteiger partial charge in [-0.25, -0.2) is 4.39 Å². The van der Waals surface area contributed by atoms with Crippen molar-refractivity contribution in [1.82, 2.24) is 15.5 Å². The second-order valence-electron chi connectivity index (χ2n) is 7.59. The Balaban J connectivity index is 1.71. The van der Waals surface area contributed by atoms with Crippen LogP contribution in [0, 0.1) is 5.82 Å². The lowest BCUT2D eigenvalue weighted by Crippen LogP contribution is -2.56. The van der Waals surface area contributed by atoms with Crippen LogP contribution in [0.2, 0.25) is 0 Å². The van der Waals surface area contributed by atoms with E-state index in [1.54, 1.807) is 0 Å². The number of hydrogen-bond donors (Lipinski definition) is 2. The first-order valence-corrected chi connectivity index (χ1v) is 9.33. The van der Waals surface area contributed by atoms with Gasteiger partial charge in [0.05, 0.1) is 5.69 Å². The number of nitrogens with one attached hydrogen (secondary N) is 2. The number of hydrogen-bond acceptors (Lipinski definition) is 5. The van der Waals surface area contributed by atoms with Gasteiger partial charge in [-0.05, 0) is 32.4 Å². The van der Waals surface area contributed by atoms with Crippen molar-refractivity contribution in [3.8, 4) is 0 Å². The molecule has 1 aromatic carbocycles. The van der Waals surface area contributed by atoms with Crippen molar-refractivity contribution in [1.29, 1.82) is 0 Å². The average molecular weight is 374 g/mol. The predicted molar refractivity (Wildman–Crippen MR) is 96.7 cm³/mol. The largest absolute Gasteiger partial charge is 0.361 e. The fourth-order valence-corrected chi connectivity index (χ4v) is 4.45. The van der Waals surface area contributed by atoms with E-state index in [0.29, 0.717) is 23.2 Å². The van der Waals surface area contributed by atoms with Crippen LogP contribution in [0.3, 0.4) is 0 Å². The van der Waals surface area contributed by atoms with Crippen molar-refractivity contribution in [3.63, 3.8) is 0 Å². The molecule has 3 atom stereocenters. The topological polar surface area (TPSA) is 81.8 Å². The minimum absolute atomic E-state index is 0.0782. The number of anilines is 1. The zero-order chi connectivity index (χ0) is 19.3. The van der Waals surface area contributed by atoms with Crippen molar-refractivity contribution in [2.24, 2.45) is 0 Å². The third kappa shape index (κ3) is 2.88. The van der Waals surface area contributed by atoms with Gasteiger partial charge < -0.3 is 15.1 Å². The fraction of sp³-hybridized carbons (Fsp3) is 0.526. The number of benzene rings is 1. The van der Waals surface area contributed by atoms with E-state index < -0.39 is 11.9 Å². The quantitative estimate of drug-likeness (QED) is 0.748. The van der Waals surface area contributed by atoms with Crippen molar-refractivity contribution < 1.29 is 18.8 Å². The Morgan fingerprint density at radius 1 is 1.11 bits per heavy atom. The lowest BCUT2D eigenvalue weighted by Gasteiger charge is -2.42. The molecule has 2 saturated heterocycles. The first-order valence-electron chi connectivity index (χ1n) is 9.33. The Bertz CT molecular complexity index is 817. The van der Waals surface area contributed by atoms with Crippen LogP contribution >= 0.6 is 0 Å². The van der Waals surface area contributed by atoms with E-state index in [2.05, 4.69) is 10.6 Å². The number of piperazine rings is 1. The van der Waals surface area contributed by atoms with Crippen molar-refractivity contribution in [2.75, 3.05) is 18.0 Å². The smallest absolute Gasteiger partial charge is 0.255 e. The second-order valence-corrected chi connectivity index (χ2v) is 7.59. The minimum Gasteiger partial charge on any atom is -0.361 e. The van der Waals surface area contributed by atoms with Crippen LogP contribution in [0.4, 0.5) is 10.1 Å². The summed E-state index contributed by atoms with van der Waals surface area (Å²) < 4.78 is 14.9. The maximum atomic E-state index is 14.9. The number of carbonyl (C=O) groups is 3. The highest BCUT2D eigenvalue weighted by atomic mass is 19.1. The molecular formula is C19H23FN4O3. The summed E-state index contributed by atoms with van der Waals surface area (Å²) in [6.07, 6.45) is 0.492. The zero-order valence-corrected chi connectivity index (χ0v) is 15.4. The summed E-state index contributed by atoms with van der Waals surface area (Å²) in [4.78, 5) is 40.1. The first kappa shape index (κ1) is 17.9. The Morgan fingerprint density at radius 3 is 2.48 bits per heavy atom. The molecule has 7 nitrogen and oxygen atoms in total. The Labute approximate surface area is 156 Å². The number of amides is 3. The van der Waals surface area contributed by atoms with Crippen molar-refractivity contribution >= 4 is 23.4 Å². The number of halogens is 1. The van der Waals surface area contributed by atoms with Crippen LogP contribution in [0.1, 0.15) is 42.6 Å². The fourth-order valence-electron chi connectivity index (χ4n) is 4.45. The van der Waals surface area contributed by atoms with Gasteiger partial charge in [0.1, 0.15) is 11.9 Å². The molecule has 2 N–H and O–H groups in total. The van der Waals surface area contributed by atoms with Gasteiger partial charge >= 0.3 is 0 Å². The molecule has 0 bridgehead atoms. The van der Waals surface area contributed by atoms with Gasteiger partial charge in [-0.2, -0.15) is 0 Å². The monoisotopic (exact) mass is 374 g/mol. The van der Waals surface area contributed by atoms with Crippen LogP contribution in [0.25, 0.3) is 0 Å². The molecule has 3 unspecified atom stereocenters. The van der Waals surface area contributed by atoms with E-state index in [1.165, 1.54) is 17.0 Å². The molecule has 27 heavy (non-hydrogen) atoms. The number of piperidine rings is 1. The third-order valence-electron chi connectivity index (χ3n) is 5.73. The van der Waals surface area contributed by atoms with Gasteiger partial charge in [0.15, 0.2) is 0 Å². The normalized spacial score (nSPS) is 28.4. The molecular weight excluding hydrogens is 351 g/mol. The first-order chi connectivity index (χ1) is 12.9. The van der Waals surface area contributed by atoms with E-state index >= 15 is 0 Å². The van der Waals surface area contributed by atoms with E-state index in [0.717, 1.165) is 13.1 Å². The van der Waals surface area contributed by atoms with E-state index in [-0.39, 0.29) is 42.7 Å². The minimum atomic E-state index is -0.698. The molecule has 0 saturated carbocycles. The van der Waals surface area contributed by atoms with Crippen LogP contribution in [0.15, 0.2) is 12.1 Å². The molecule has 0 radical (unpaired) electrons. The van der Waals surface area contributed by atoms with E-state index in [9.17, 15) is 18.8 Å². The highest BCUT2D eigenvalue weighted by Crippen LogP contribution is 2.38. The molecule has 144 valence electrons. The van der Waals surface area contributed by atoms with Gasteiger partial charge in [0.2, 0.25) is 11.8 Å².